The minimum atomic E-state index is 0.718. The Kier molecular flexibility index (Phi) is 1.09. The van der Waals surface area contributed by atoms with Crippen molar-refractivity contribution < 1.29 is 0 Å². The van der Waals surface area contributed by atoms with E-state index in [1.807, 2.05) is 7.05 Å². The Bertz CT molecular complexity index is 390. The van der Waals surface area contributed by atoms with E-state index in [1.54, 1.807) is 23.1 Å². The fourth-order valence-electron chi connectivity index (χ4n) is 1.13. The second kappa shape index (κ2) is 1.95. The molecule has 2 aromatic heterocycles. The van der Waals surface area contributed by atoms with E-state index in [9.17, 15) is 0 Å². The first-order chi connectivity index (χ1) is 5.29. The summed E-state index contributed by atoms with van der Waals surface area (Å²) in [5.74, 6) is 0. The molecular formula is C7H8N4. The van der Waals surface area contributed by atoms with Crippen molar-refractivity contribution in [3.63, 3.8) is 0 Å². The summed E-state index contributed by atoms with van der Waals surface area (Å²) in [5, 5.41) is 4.03. The molecule has 0 radical (unpaired) electrons. The number of nitrogen functional groups attached to an aromatic ring is 1. The number of nitrogens with zero attached hydrogens (tertiary/aromatic N) is 3. The average molecular weight is 148 g/mol. The van der Waals surface area contributed by atoms with Gasteiger partial charge >= 0.3 is 0 Å². The lowest BCUT2D eigenvalue weighted by Crippen LogP contribution is -1.94. The van der Waals surface area contributed by atoms with Crippen LogP contribution in [-0.2, 0) is 7.05 Å². The van der Waals surface area contributed by atoms with Crippen molar-refractivity contribution in [3.05, 3.63) is 18.5 Å². The Labute approximate surface area is 63.6 Å². The molecule has 0 spiro atoms. The Morgan fingerprint density at radius 3 is 3.09 bits per heavy atom. The number of anilines is 1. The van der Waals surface area contributed by atoms with Crippen molar-refractivity contribution in [2.75, 3.05) is 5.73 Å². The summed E-state index contributed by atoms with van der Waals surface area (Å²) in [5.41, 5.74) is 8.15. The Morgan fingerprint density at radius 2 is 2.36 bits per heavy atom. The summed E-state index contributed by atoms with van der Waals surface area (Å²) >= 11 is 0. The number of pyridine rings is 1. The summed E-state index contributed by atoms with van der Waals surface area (Å²) in [6.07, 6.45) is 3.38. The molecule has 0 fully saturated rings. The van der Waals surface area contributed by atoms with Gasteiger partial charge in [-0.15, -0.1) is 0 Å². The summed E-state index contributed by atoms with van der Waals surface area (Å²) in [6.45, 7) is 0. The summed E-state index contributed by atoms with van der Waals surface area (Å²) in [4.78, 5) is 4.10. The first-order valence-corrected chi connectivity index (χ1v) is 3.31. The molecule has 2 heterocycles. The van der Waals surface area contributed by atoms with Crippen LogP contribution in [0, 0.1) is 0 Å². The Hall–Kier alpha value is -1.58. The van der Waals surface area contributed by atoms with E-state index in [2.05, 4.69) is 10.1 Å². The molecule has 11 heavy (non-hydrogen) atoms. The van der Waals surface area contributed by atoms with Crippen molar-refractivity contribution in [1.82, 2.24) is 14.8 Å². The Balaban J connectivity index is 2.96. The van der Waals surface area contributed by atoms with Crippen molar-refractivity contribution in [2.45, 2.75) is 0 Å². The van der Waals surface area contributed by atoms with Crippen LogP contribution >= 0.6 is 0 Å². The van der Waals surface area contributed by atoms with Gasteiger partial charge in [-0.05, 0) is 6.07 Å². The molecule has 0 amide bonds. The van der Waals surface area contributed by atoms with Crippen LogP contribution in [0.2, 0.25) is 0 Å². The average Bonchev–Trinajstić information content (AvgIpc) is 2.34. The molecule has 2 N–H and O–H groups in total. The lowest BCUT2D eigenvalue weighted by molar-refractivity contribution is 0.798. The molecule has 0 saturated carbocycles. The molecular weight excluding hydrogens is 140 g/mol. The van der Waals surface area contributed by atoms with Gasteiger partial charge in [-0.25, -0.2) is 0 Å². The third kappa shape index (κ3) is 0.756. The topological polar surface area (TPSA) is 56.7 Å². The van der Waals surface area contributed by atoms with Crippen LogP contribution < -0.4 is 5.73 Å². The molecule has 0 bridgehead atoms. The van der Waals surface area contributed by atoms with Gasteiger partial charge in [0, 0.05) is 13.2 Å². The lowest BCUT2D eigenvalue weighted by atomic mass is 10.3. The highest BCUT2D eigenvalue weighted by molar-refractivity contribution is 5.85. The fourth-order valence-corrected chi connectivity index (χ4v) is 1.13. The van der Waals surface area contributed by atoms with E-state index in [4.69, 9.17) is 5.73 Å². The highest BCUT2D eigenvalue weighted by Crippen LogP contribution is 2.15. The third-order valence-corrected chi connectivity index (χ3v) is 1.66. The highest BCUT2D eigenvalue weighted by atomic mass is 15.3. The van der Waals surface area contributed by atoms with E-state index in [0.717, 1.165) is 16.7 Å². The van der Waals surface area contributed by atoms with Gasteiger partial charge in [-0.3, -0.25) is 9.67 Å². The molecule has 4 nitrogen and oxygen atoms in total. The standard InChI is InChI=1S/C7H8N4/c1-11-7-5(8)2-3-9-6(7)4-10-11/h2-4H,1H3,(H2,8,9). The minimum Gasteiger partial charge on any atom is -0.397 e. The molecule has 0 saturated heterocycles. The second-order valence-corrected chi connectivity index (χ2v) is 2.40. The van der Waals surface area contributed by atoms with Crippen LogP contribution in [0.4, 0.5) is 5.69 Å². The van der Waals surface area contributed by atoms with Crippen molar-refractivity contribution in [3.8, 4) is 0 Å². The number of nitrogens with two attached hydrogens (primary N) is 1. The van der Waals surface area contributed by atoms with Gasteiger partial charge in [-0.2, -0.15) is 5.10 Å². The Morgan fingerprint density at radius 1 is 1.55 bits per heavy atom. The van der Waals surface area contributed by atoms with Crippen LogP contribution in [0.5, 0.6) is 0 Å². The third-order valence-electron chi connectivity index (χ3n) is 1.66. The molecule has 0 aliphatic carbocycles. The van der Waals surface area contributed by atoms with Gasteiger partial charge in [0.1, 0.15) is 11.0 Å². The largest absolute Gasteiger partial charge is 0.397 e. The molecule has 0 aliphatic heterocycles. The molecule has 56 valence electrons. The van der Waals surface area contributed by atoms with E-state index >= 15 is 0 Å². The van der Waals surface area contributed by atoms with E-state index in [-0.39, 0.29) is 0 Å². The van der Waals surface area contributed by atoms with Gasteiger partial charge in [0.15, 0.2) is 0 Å². The number of aromatic nitrogens is 3. The normalized spacial score (nSPS) is 10.6. The van der Waals surface area contributed by atoms with Gasteiger partial charge < -0.3 is 5.73 Å². The van der Waals surface area contributed by atoms with Crippen molar-refractivity contribution in [2.24, 2.45) is 7.05 Å². The predicted molar refractivity (Wildman–Crippen MR) is 42.9 cm³/mol. The number of rotatable bonds is 0. The van der Waals surface area contributed by atoms with E-state index in [0.29, 0.717) is 0 Å². The zero-order chi connectivity index (χ0) is 7.84. The molecule has 0 aliphatic rings. The van der Waals surface area contributed by atoms with Crippen LogP contribution in [0.1, 0.15) is 0 Å². The second-order valence-electron chi connectivity index (χ2n) is 2.40. The van der Waals surface area contributed by atoms with E-state index in [1.165, 1.54) is 0 Å². The number of aryl methyl sites for hydroxylation is 1. The summed E-state index contributed by atoms with van der Waals surface area (Å²) < 4.78 is 1.72. The van der Waals surface area contributed by atoms with Crippen molar-refractivity contribution in [1.29, 1.82) is 0 Å². The van der Waals surface area contributed by atoms with Gasteiger partial charge in [-0.1, -0.05) is 0 Å². The van der Waals surface area contributed by atoms with Gasteiger partial charge in [0.2, 0.25) is 0 Å². The van der Waals surface area contributed by atoms with Crippen LogP contribution in [0.3, 0.4) is 0 Å². The quantitative estimate of drug-likeness (QED) is 0.593. The molecule has 2 rings (SSSR count). The fraction of sp³-hybridized carbons (Fsp3) is 0.143. The molecule has 0 unspecified atom stereocenters. The molecule has 0 aromatic carbocycles. The SMILES string of the molecule is Cn1ncc2nccc(N)c21. The van der Waals surface area contributed by atoms with Gasteiger partial charge in [0.05, 0.1) is 11.9 Å². The molecule has 0 atom stereocenters. The maximum Gasteiger partial charge on any atom is 0.110 e. The minimum absolute atomic E-state index is 0.718. The number of fused-ring (bicyclic) bond motifs is 1. The maximum absolute atomic E-state index is 5.70. The van der Waals surface area contributed by atoms with E-state index < -0.39 is 0 Å². The van der Waals surface area contributed by atoms with Crippen molar-refractivity contribution >= 4 is 16.7 Å². The first kappa shape index (κ1) is 6.15. The zero-order valence-electron chi connectivity index (χ0n) is 6.15. The summed E-state index contributed by atoms with van der Waals surface area (Å²) in [7, 11) is 1.85. The van der Waals surface area contributed by atoms with Crippen LogP contribution in [0.15, 0.2) is 18.5 Å². The lowest BCUT2D eigenvalue weighted by Gasteiger charge is -1.96. The maximum atomic E-state index is 5.70. The predicted octanol–water partition coefficient (Wildman–Crippen LogP) is 0.550. The van der Waals surface area contributed by atoms with Crippen LogP contribution in [-0.4, -0.2) is 14.8 Å². The monoisotopic (exact) mass is 148 g/mol. The van der Waals surface area contributed by atoms with Crippen LogP contribution in [0.25, 0.3) is 11.0 Å². The molecule has 2 aromatic rings. The first-order valence-electron chi connectivity index (χ1n) is 3.31. The smallest absolute Gasteiger partial charge is 0.110 e. The molecule has 4 heteroatoms. The van der Waals surface area contributed by atoms with Gasteiger partial charge in [0.25, 0.3) is 0 Å². The number of hydrogen-bond acceptors (Lipinski definition) is 3. The highest BCUT2D eigenvalue weighted by Gasteiger charge is 2.01. The number of hydrogen-bond donors (Lipinski definition) is 1. The summed E-state index contributed by atoms with van der Waals surface area (Å²) in [6, 6.07) is 1.77. The zero-order valence-corrected chi connectivity index (χ0v) is 6.15.